The zero-order chi connectivity index (χ0) is 16.2. The number of amides is 2. The van der Waals surface area contributed by atoms with Crippen LogP contribution in [0.2, 0.25) is 0 Å². The van der Waals surface area contributed by atoms with Gasteiger partial charge in [0, 0.05) is 12.7 Å². The van der Waals surface area contributed by atoms with Crippen LogP contribution in [0.25, 0.3) is 11.1 Å². The van der Waals surface area contributed by atoms with Crippen molar-refractivity contribution in [2.75, 3.05) is 18.9 Å². The SMILES string of the molecule is CN(CC(C)(C)O)C(=O)Nc1ccc(-c2ccccc2)cc1. The lowest BCUT2D eigenvalue weighted by Gasteiger charge is -2.25. The van der Waals surface area contributed by atoms with Crippen LogP contribution < -0.4 is 5.32 Å². The minimum absolute atomic E-state index is 0.241. The van der Waals surface area contributed by atoms with Crippen molar-refractivity contribution in [1.82, 2.24) is 4.90 Å². The molecule has 0 radical (unpaired) electrons. The van der Waals surface area contributed by atoms with E-state index in [9.17, 15) is 9.90 Å². The summed E-state index contributed by atoms with van der Waals surface area (Å²) in [5.74, 6) is 0. The van der Waals surface area contributed by atoms with E-state index in [-0.39, 0.29) is 12.6 Å². The Balaban J connectivity index is 2.01. The Labute approximate surface area is 131 Å². The summed E-state index contributed by atoms with van der Waals surface area (Å²) in [6.07, 6.45) is 0. The molecule has 0 saturated heterocycles. The summed E-state index contributed by atoms with van der Waals surface area (Å²) < 4.78 is 0. The molecule has 0 aliphatic heterocycles. The maximum absolute atomic E-state index is 12.0. The Bertz CT molecular complexity index is 616. The first-order chi connectivity index (χ1) is 10.3. The third-order valence-corrected chi connectivity index (χ3v) is 3.21. The van der Waals surface area contributed by atoms with Crippen LogP contribution in [0.15, 0.2) is 54.6 Å². The molecule has 0 bridgehead atoms. The van der Waals surface area contributed by atoms with Gasteiger partial charge in [-0.25, -0.2) is 4.79 Å². The predicted octanol–water partition coefficient (Wildman–Crippen LogP) is 3.59. The minimum atomic E-state index is -0.913. The summed E-state index contributed by atoms with van der Waals surface area (Å²) in [5.41, 5.74) is 2.05. The Kier molecular flexibility index (Phi) is 4.83. The fraction of sp³-hybridized carbons (Fsp3) is 0.278. The highest BCUT2D eigenvalue weighted by atomic mass is 16.3. The summed E-state index contributed by atoms with van der Waals surface area (Å²) in [4.78, 5) is 13.5. The second-order valence-corrected chi connectivity index (χ2v) is 6.04. The summed E-state index contributed by atoms with van der Waals surface area (Å²) in [6, 6.07) is 17.5. The van der Waals surface area contributed by atoms with Crippen LogP contribution in [0.3, 0.4) is 0 Å². The maximum atomic E-state index is 12.0. The zero-order valence-electron chi connectivity index (χ0n) is 13.2. The Morgan fingerprint density at radius 2 is 1.59 bits per heavy atom. The largest absolute Gasteiger partial charge is 0.389 e. The number of anilines is 1. The zero-order valence-corrected chi connectivity index (χ0v) is 13.2. The molecule has 22 heavy (non-hydrogen) atoms. The van der Waals surface area contributed by atoms with Crippen molar-refractivity contribution in [3.8, 4) is 11.1 Å². The molecule has 2 N–H and O–H groups in total. The standard InChI is InChI=1S/C18H22N2O2/c1-18(2,22)13-20(3)17(21)19-16-11-9-15(10-12-16)14-7-5-4-6-8-14/h4-12,22H,13H2,1-3H3,(H,19,21). The molecule has 0 fully saturated rings. The van der Waals surface area contributed by atoms with E-state index in [0.29, 0.717) is 0 Å². The first-order valence-corrected chi connectivity index (χ1v) is 7.25. The fourth-order valence-corrected chi connectivity index (χ4v) is 2.25. The van der Waals surface area contributed by atoms with Crippen molar-refractivity contribution in [3.05, 3.63) is 54.6 Å². The van der Waals surface area contributed by atoms with E-state index >= 15 is 0 Å². The smallest absolute Gasteiger partial charge is 0.321 e. The fourth-order valence-electron chi connectivity index (χ4n) is 2.25. The topological polar surface area (TPSA) is 52.6 Å². The van der Waals surface area contributed by atoms with Crippen molar-refractivity contribution in [2.24, 2.45) is 0 Å². The van der Waals surface area contributed by atoms with Gasteiger partial charge in [-0.15, -0.1) is 0 Å². The second kappa shape index (κ2) is 6.62. The lowest BCUT2D eigenvalue weighted by molar-refractivity contribution is 0.0550. The van der Waals surface area contributed by atoms with Crippen molar-refractivity contribution >= 4 is 11.7 Å². The Hall–Kier alpha value is -2.33. The number of carbonyl (C=O) groups excluding carboxylic acids is 1. The number of rotatable bonds is 4. The Morgan fingerprint density at radius 1 is 1.05 bits per heavy atom. The van der Waals surface area contributed by atoms with Crippen LogP contribution in [0, 0.1) is 0 Å². The quantitative estimate of drug-likeness (QED) is 0.906. The summed E-state index contributed by atoms with van der Waals surface area (Å²) in [6.45, 7) is 3.61. The number of aliphatic hydroxyl groups is 1. The van der Waals surface area contributed by atoms with Gasteiger partial charge >= 0.3 is 6.03 Å². The lowest BCUT2D eigenvalue weighted by Crippen LogP contribution is -2.41. The number of carbonyl (C=O) groups is 1. The number of hydrogen-bond donors (Lipinski definition) is 2. The van der Waals surface area contributed by atoms with Crippen LogP contribution in [-0.2, 0) is 0 Å². The molecule has 2 amide bonds. The summed E-state index contributed by atoms with van der Waals surface area (Å²) in [7, 11) is 1.66. The van der Waals surface area contributed by atoms with E-state index in [1.165, 1.54) is 4.90 Å². The van der Waals surface area contributed by atoms with Gasteiger partial charge in [-0.05, 0) is 37.1 Å². The molecule has 0 unspecified atom stereocenters. The van der Waals surface area contributed by atoms with Gasteiger partial charge in [0.25, 0.3) is 0 Å². The van der Waals surface area contributed by atoms with Gasteiger partial charge in [-0.2, -0.15) is 0 Å². The molecular formula is C18H22N2O2. The minimum Gasteiger partial charge on any atom is -0.389 e. The third kappa shape index (κ3) is 4.60. The van der Waals surface area contributed by atoms with Gasteiger partial charge < -0.3 is 15.3 Å². The molecule has 2 aromatic rings. The molecule has 0 saturated carbocycles. The highest BCUT2D eigenvalue weighted by Gasteiger charge is 2.19. The summed E-state index contributed by atoms with van der Waals surface area (Å²) in [5, 5.41) is 12.6. The molecule has 4 nitrogen and oxygen atoms in total. The monoisotopic (exact) mass is 298 g/mol. The first-order valence-electron chi connectivity index (χ1n) is 7.25. The maximum Gasteiger partial charge on any atom is 0.321 e. The van der Waals surface area contributed by atoms with E-state index < -0.39 is 5.60 Å². The van der Waals surface area contributed by atoms with Gasteiger partial charge in [0.05, 0.1) is 12.1 Å². The van der Waals surface area contributed by atoms with E-state index in [1.54, 1.807) is 20.9 Å². The number of hydrogen-bond acceptors (Lipinski definition) is 2. The average Bonchev–Trinajstić information content (AvgIpc) is 2.47. The van der Waals surface area contributed by atoms with Crippen LogP contribution in [0.5, 0.6) is 0 Å². The number of nitrogens with one attached hydrogen (secondary N) is 1. The van der Waals surface area contributed by atoms with Crippen LogP contribution in [-0.4, -0.2) is 35.2 Å². The van der Waals surface area contributed by atoms with Gasteiger partial charge in [0.2, 0.25) is 0 Å². The highest BCUT2D eigenvalue weighted by Crippen LogP contribution is 2.21. The molecule has 0 aliphatic rings. The second-order valence-electron chi connectivity index (χ2n) is 6.04. The lowest BCUT2D eigenvalue weighted by atomic mass is 10.1. The molecule has 0 aromatic heterocycles. The van der Waals surface area contributed by atoms with Crippen LogP contribution in [0.4, 0.5) is 10.5 Å². The molecule has 2 aromatic carbocycles. The van der Waals surface area contributed by atoms with Crippen molar-refractivity contribution < 1.29 is 9.90 Å². The van der Waals surface area contributed by atoms with Gasteiger partial charge in [0.1, 0.15) is 0 Å². The molecule has 2 rings (SSSR count). The molecule has 0 aliphatic carbocycles. The van der Waals surface area contributed by atoms with E-state index in [4.69, 9.17) is 0 Å². The Morgan fingerprint density at radius 3 is 2.14 bits per heavy atom. The van der Waals surface area contributed by atoms with Crippen LogP contribution >= 0.6 is 0 Å². The number of nitrogens with zero attached hydrogens (tertiary/aromatic N) is 1. The normalized spacial score (nSPS) is 11.1. The predicted molar refractivity (Wildman–Crippen MR) is 89.8 cm³/mol. The van der Waals surface area contributed by atoms with Gasteiger partial charge in [0.15, 0.2) is 0 Å². The van der Waals surface area contributed by atoms with Crippen molar-refractivity contribution in [3.63, 3.8) is 0 Å². The van der Waals surface area contributed by atoms with E-state index in [1.807, 2.05) is 54.6 Å². The average molecular weight is 298 g/mol. The van der Waals surface area contributed by atoms with Gasteiger partial charge in [-0.3, -0.25) is 0 Å². The molecular weight excluding hydrogens is 276 g/mol. The number of benzene rings is 2. The third-order valence-electron chi connectivity index (χ3n) is 3.21. The molecule has 4 heteroatoms. The molecule has 0 heterocycles. The van der Waals surface area contributed by atoms with E-state index in [0.717, 1.165) is 16.8 Å². The number of likely N-dealkylation sites (N-methyl/N-ethyl adjacent to an activating group) is 1. The molecule has 0 atom stereocenters. The first kappa shape index (κ1) is 16.0. The molecule has 0 spiro atoms. The molecule has 116 valence electrons. The van der Waals surface area contributed by atoms with Crippen molar-refractivity contribution in [2.45, 2.75) is 19.4 Å². The number of urea groups is 1. The van der Waals surface area contributed by atoms with Crippen molar-refractivity contribution in [1.29, 1.82) is 0 Å². The van der Waals surface area contributed by atoms with Gasteiger partial charge in [-0.1, -0.05) is 42.5 Å². The highest BCUT2D eigenvalue weighted by molar-refractivity contribution is 5.89. The van der Waals surface area contributed by atoms with E-state index in [2.05, 4.69) is 5.32 Å². The summed E-state index contributed by atoms with van der Waals surface area (Å²) >= 11 is 0. The van der Waals surface area contributed by atoms with Crippen LogP contribution in [0.1, 0.15) is 13.8 Å².